The number of esters is 1. The summed E-state index contributed by atoms with van der Waals surface area (Å²) in [5.41, 5.74) is 1.53. The summed E-state index contributed by atoms with van der Waals surface area (Å²) in [6, 6.07) is 0. The third-order valence-electron chi connectivity index (χ3n) is 6.66. The van der Waals surface area contributed by atoms with Crippen molar-refractivity contribution < 1.29 is 23.8 Å². The summed E-state index contributed by atoms with van der Waals surface area (Å²) >= 11 is 5.95. The zero-order chi connectivity index (χ0) is 23.4. The van der Waals surface area contributed by atoms with Gasteiger partial charge in [-0.05, 0) is 64.9 Å². The van der Waals surface area contributed by atoms with Crippen LogP contribution in [0.25, 0.3) is 0 Å². The van der Waals surface area contributed by atoms with E-state index in [1.165, 1.54) is 5.57 Å². The maximum absolute atomic E-state index is 12.9. The van der Waals surface area contributed by atoms with Gasteiger partial charge in [0, 0.05) is 44.4 Å². The van der Waals surface area contributed by atoms with E-state index in [0.29, 0.717) is 25.7 Å². The summed E-state index contributed by atoms with van der Waals surface area (Å²) in [5.74, 6) is -0.386. The van der Waals surface area contributed by atoms with Crippen molar-refractivity contribution in [2.24, 2.45) is 17.3 Å². The maximum atomic E-state index is 12.9. The van der Waals surface area contributed by atoms with Crippen LogP contribution in [0.5, 0.6) is 0 Å². The van der Waals surface area contributed by atoms with Crippen LogP contribution < -0.4 is 0 Å². The van der Waals surface area contributed by atoms with Gasteiger partial charge in [0.1, 0.15) is 6.10 Å². The highest BCUT2D eigenvalue weighted by Crippen LogP contribution is 2.47. The van der Waals surface area contributed by atoms with Gasteiger partial charge in [0.05, 0.1) is 5.41 Å². The summed E-state index contributed by atoms with van der Waals surface area (Å²) in [6.07, 6.45) is 6.44. The van der Waals surface area contributed by atoms with Gasteiger partial charge in [0.2, 0.25) is 0 Å². The number of allylic oxidation sites excluding steroid dienone is 3. The van der Waals surface area contributed by atoms with Crippen molar-refractivity contribution in [2.45, 2.75) is 91.5 Å². The van der Waals surface area contributed by atoms with E-state index in [0.717, 1.165) is 29.9 Å². The Morgan fingerprint density at radius 1 is 1.19 bits per heavy atom. The van der Waals surface area contributed by atoms with Gasteiger partial charge in [-0.25, -0.2) is 0 Å². The third kappa shape index (κ3) is 6.43. The Morgan fingerprint density at radius 2 is 1.84 bits per heavy atom. The van der Waals surface area contributed by atoms with Gasteiger partial charge in [0.15, 0.2) is 11.6 Å². The molecule has 0 aromatic heterocycles. The molecule has 5 nitrogen and oxygen atoms in total. The molecule has 0 N–H and O–H groups in total. The van der Waals surface area contributed by atoms with Crippen molar-refractivity contribution in [1.29, 1.82) is 0 Å². The van der Waals surface area contributed by atoms with Crippen LogP contribution >= 0.6 is 11.6 Å². The quantitative estimate of drug-likeness (QED) is 0.318. The van der Waals surface area contributed by atoms with Crippen LogP contribution in [0.2, 0.25) is 0 Å². The molecule has 0 saturated heterocycles. The van der Waals surface area contributed by atoms with Crippen LogP contribution in [0.3, 0.4) is 0 Å². The van der Waals surface area contributed by atoms with Crippen LogP contribution in [-0.4, -0.2) is 37.9 Å². The van der Waals surface area contributed by atoms with Crippen LogP contribution in [0.4, 0.5) is 0 Å². The lowest BCUT2D eigenvalue weighted by Crippen LogP contribution is -2.35. The molecule has 31 heavy (non-hydrogen) atoms. The van der Waals surface area contributed by atoms with E-state index in [1.54, 1.807) is 14.2 Å². The average molecular weight is 455 g/mol. The fourth-order valence-corrected chi connectivity index (χ4v) is 4.84. The van der Waals surface area contributed by atoms with Gasteiger partial charge in [-0.2, -0.15) is 0 Å². The van der Waals surface area contributed by atoms with Gasteiger partial charge < -0.3 is 14.2 Å². The number of rotatable bonds is 9. The summed E-state index contributed by atoms with van der Waals surface area (Å²) in [4.78, 5) is 25.4. The molecule has 0 radical (unpaired) electrons. The monoisotopic (exact) mass is 454 g/mol. The van der Waals surface area contributed by atoms with Crippen LogP contribution in [0.1, 0.15) is 79.6 Å². The molecule has 1 fully saturated rings. The highest BCUT2D eigenvalue weighted by molar-refractivity contribution is 6.29. The summed E-state index contributed by atoms with van der Waals surface area (Å²) in [5, 5.41) is 0.743. The summed E-state index contributed by atoms with van der Waals surface area (Å²) in [7, 11) is 3.29. The molecule has 0 aromatic rings. The molecule has 6 heteroatoms. The Labute approximate surface area is 192 Å². The van der Waals surface area contributed by atoms with Gasteiger partial charge in [0.25, 0.3) is 0 Å². The number of ketones is 1. The molecule has 0 spiro atoms. The first kappa shape index (κ1) is 26.1. The van der Waals surface area contributed by atoms with E-state index in [-0.39, 0.29) is 29.7 Å². The first-order chi connectivity index (χ1) is 14.4. The number of Topliss-reactive ketones (excluding diaryl/α,β-unsaturated/α-hetero) is 1. The SMILES string of the molecule is COC(CCC=C(C)Cl)(CCC1=C2CC(C)[C@@H](OC(=O)C(C)(C)C)C2CCC1=O)OC. The highest BCUT2D eigenvalue weighted by atomic mass is 35.5. The molecule has 0 amide bonds. The Morgan fingerprint density at radius 3 is 2.39 bits per heavy atom. The second kappa shape index (κ2) is 10.6. The molecule has 0 aromatic carbocycles. The number of ether oxygens (including phenoxy) is 3. The Kier molecular flexibility index (Phi) is 8.95. The Hall–Kier alpha value is -1.17. The lowest BCUT2D eigenvalue weighted by Gasteiger charge is -2.33. The van der Waals surface area contributed by atoms with E-state index >= 15 is 0 Å². The predicted octanol–water partition coefficient (Wildman–Crippen LogP) is 5.95. The van der Waals surface area contributed by atoms with E-state index in [9.17, 15) is 9.59 Å². The van der Waals surface area contributed by atoms with E-state index in [1.807, 2.05) is 33.8 Å². The molecule has 2 rings (SSSR count). The minimum Gasteiger partial charge on any atom is -0.461 e. The Balaban J connectivity index is 2.20. The Bertz CT molecular complexity index is 723. The maximum Gasteiger partial charge on any atom is 0.311 e. The van der Waals surface area contributed by atoms with Crippen LogP contribution in [0, 0.1) is 17.3 Å². The largest absolute Gasteiger partial charge is 0.461 e. The smallest absolute Gasteiger partial charge is 0.311 e. The number of hydrogen-bond acceptors (Lipinski definition) is 5. The standard InChI is InChI=1S/C25H39ClO5/c1-16-15-20-18(12-14-25(29-6,30-7)13-8-9-17(2)26)21(27)11-10-19(20)22(16)31-23(28)24(3,4)5/h9,16,19,22H,8,10-15H2,1-7H3/t16?,19?,22-/m1/s1. The summed E-state index contributed by atoms with van der Waals surface area (Å²) in [6.45, 7) is 9.58. The second-order valence-electron chi connectivity index (χ2n) is 10.0. The molecular weight excluding hydrogens is 416 g/mol. The van der Waals surface area contributed by atoms with Crippen molar-refractivity contribution in [3.05, 3.63) is 22.3 Å². The minimum absolute atomic E-state index is 0.135. The normalized spacial score (nSPS) is 25.1. The number of carbonyl (C=O) groups excluding carboxylic acids is 2. The number of hydrogen-bond donors (Lipinski definition) is 0. The molecule has 0 heterocycles. The summed E-state index contributed by atoms with van der Waals surface area (Å²) < 4.78 is 17.4. The molecule has 0 aliphatic heterocycles. The van der Waals surface area contributed by atoms with Crippen molar-refractivity contribution in [3.8, 4) is 0 Å². The topological polar surface area (TPSA) is 61.8 Å². The number of fused-ring (bicyclic) bond motifs is 1. The molecule has 0 bridgehead atoms. The van der Waals surface area contributed by atoms with E-state index in [2.05, 4.69) is 6.92 Å². The van der Waals surface area contributed by atoms with Gasteiger partial charge in [-0.15, -0.1) is 0 Å². The van der Waals surface area contributed by atoms with E-state index < -0.39 is 11.2 Å². The zero-order valence-electron chi connectivity index (χ0n) is 20.2. The number of halogens is 1. The molecule has 3 atom stereocenters. The molecule has 2 aliphatic carbocycles. The minimum atomic E-state index is -0.758. The first-order valence-electron chi connectivity index (χ1n) is 11.3. The van der Waals surface area contributed by atoms with Crippen molar-refractivity contribution in [2.75, 3.05) is 14.2 Å². The fourth-order valence-electron chi connectivity index (χ4n) is 4.73. The zero-order valence-corrected chi connectivity index (χ0v) is 20.9. The average Bonchev–Trinajstić information content (AvgIpc) is 3.00. The molecule has 2 unspecified atom stereocenters. The molecule has 2 aliphatic rings. The molecular formula is C25H39ClO5. The molecule has 1 saturated carbocycles. The highest BCUT2D eigenvalue weighted by Gasteiger charge is 2.45. The second-order valence-corrected chi connectivity index (χ2v) is 10.6. The van der Waals surface area contributed by atoms with E-state index in [4.69, 9.17) is 25.8 Å². The number of carbonyl (C=O) groups is 2. The lowest BCUT2D eigenvalue weighted by molar-refractivity contribution is -0.213. The predicted molar refractivity (Wildman–Crippen MR) is 123 cm³/mol. The van der Waals surface area contributed by atoms with Gasteiger partial charge >= 0.3 is 5.97 Å². The first-order valence-corrected chi connectivity index (χ1v) is 11.7. The van der Waals surface area contributed by atoms with Crippen LogP contribution in [0.15, 0.2) is 22.3 Å². The van der Waals surface area contributed by atoms with Crippen molar-refractivity contribution in [1.82, 2.24) is 0 Å². The van der Waals surface area contributed by atoms with Crippen LogP contribution in [-0.2, 0) is 23.8 Å². The van der Waals surface area contributed by atoms with Crippen molar-refractivity contribution in [3.63, 3.8) is 0 Å². The number of methoxy groups -OCH3 is 2. The van der Waals surface area contributed by atoms with Gasteiger partial charge in [-0.1, -0.05) is 30.2 Å². The fraction of sp³-hybridized carbons (Fsp3) is 0.760. The van der Waals surface area contributed by atoms with Gasteiger partial charge in [-0.3, -0.25) is 9.59 Å². The lowest BCUT2D eigenvalue weighted by atomic mass is 9.80. The molecule has 176 valence electrons. The van der Waals surface area contributed by atoms with Crippen molar-refractivity contribution >= 4 is 23.4 Å². The third-order valence-corrected chi connectivity index (χ3v) is 6.81.